The lowest BCUT2D eigenvalue weighted by Gasteiger charge is -2.22. The summed E-state index contributed by atoms with van der Waals surface area (Å²) in [7, 11) is 0. The van der Waals surface area contributed by atoms with Crippen molar-refractivity contribution in [3.8, 4) is 36.4 Å². The minimum absolute atomic E-state index is 0.387. The van der Waals surface area contributed by atoms with Gasteiger partial charge in [-0.15, -0.1) is 0 Å². The largest absolute Gasteiger partial charge is 0.246 e. The standard InChI is InChI=1S/C50H6F18N8/c51-33-17(9-71)34(52)44(62)29(43(33)61)25(30-45(63)35(53)18(10-72)36(54)46(30)64)23-21(13-1-3-75-15(5-13)7-69)41(59)28-24(22(42(60)27(23)28)14-2-4-76-16(6-14)8-70)26(31-47(65)37(55)19(11-73)38(56)48(31)66)32-49(67)39(57)20(12-74)40(58)50(32)68/h1-6H. The van der Waals surface area contributed by atoms with Crippen LogP contribution >= 0.6 is 0 Å². The van der Waals surface area contributed by atoms with Gasteiger partial charge in [0.05, 0.1) is 22.3 Å². The maximum absolute atomic E-state index is 18.5. The van der Waals surface area contributed by atoms with E-state index in [1.54, 1.807) is 0 Å². The molecule has 0 unspecified atom stereocenters. The van der Waals surface area contributed by atoms with Gasteiger partial charge >= 0.3 is 0 Å². The summed E-state index contributed by atoms with van der Waals surface area (Å²) in [6.07, 6.45) is 1.05. The third kappa shape index (κ3) is 7.22. The summed E-state index contributed by atoms with van der Waals surface area (Å²) < 4.78 is 297. The predicted octanol–water partition coefficient (Wildman–Crippen LogP) is 12.3. The van der Waals surface area contributed by atoms with Crippen molar-refractivity contribution in [1.29, 1.82) is 31.6 Å². The van der Waals surface area contributed by atoms with Crippen molar-refractivity contribution in [2.45, 2.75) is 0 Å². The van der Waals surface area contributed by atoms with Crippen LogP contribution in [0.15, 0.2) is 70.6 Å². The van der Waals surface area contributed by atoms with Crippen LogP contribution in [0.25, 0.3) is 22.3 Å². The Bertz CT molecular complexity index is 3670. The molecule has 0 saturated carbocycles. The van der Waals surface area contributed by atoms with E-state index in [0.717, 1.165) is 0 Å². The lowest BCUT2D eigenvalue weighted by atomic mass is 9.82. The van der Waals surface area contributed by atoms with E-state index in [4.69, 9.17) is 0 Å². The molecule has 6 aromatic rings. The van der Waals surface area contributed by atoms with Gasteiger partial charge in [-0.05, 0) is 35.4 Å². The van der Waals surface area contributed by atoms with E-state index < -0.39 is 216 Å². The zero-order valence-electron chi connectivity index (χ0n) is 35.8. The molecule has 0 N–H and O–H groups in total. The number of aromatic nitrogens is 2. The van der Waals surface area contributed by atoms with Crippen LogP contribution in [0.4, 0.5) is 79.0 Å². The smallest absolute Gasteiger partial charge is 0.180 e. The topological polar surface area (TPSA) is 169 Å². The SMILES string of the molecule is N#Cc1cc(C2=C(F)C3=C(C(F)=C(c4ccnc(C#N)c4)C3=C(c3c(F)c(F)c(C#N)c(F)c3F)c3c(F)c(F)c(C#N)c(F)c3F)C2=C(c2c(F)c(F)c(C#N)c(F)c2F)c2c(F)c(F)c(C#N)c(F)c2F)ccn1. The van der Waals surface area contributed by atoms with E-state index in [9.17, 15) is 31.6 Å². The van der Waals surface area contributed by atoms with Gasteiger partial charge in [0.1, 0.15) is 81.7 Å². The molecule has 4 aromatic carbocycles. The molecule has 2 heterocycles. The van der Waals surface area contributed by atoms with E-state index in [2.05, 4.69) is 9.97 Å². The number of benzene rings is 4. The first kappa shape index (κ1) is 51.9. The fourth-order valence-electron chi connectivity index (χ4n) is 8.29. The Labute approximate surface area is 409 Å². The second kappa shape index (κ2) is 18.9. The van der Waals surface area contributed by atoms with Gasteiger partial charge in [-0.1, -0.05) is 0 Å². The lowest BCUT2D eigenvalue weighted by molar-refractivity contribution is 0.440. The van der Waals surface area contributed by atoms with Gasteiger partial charge in [-0.3, -0.25) is 0 Å². The highest BCUT2D eigenvalue weighted by atomic mass is 19.2. The van der Waals surface area contributed by atoms with E-state index in [1.165, 1.54) is 12.1 Å². The molecule has 0 aliphatic heterocycles. The third-order valence-corrected chi connectivity index (χ3v) is 11.5. The molecule has 0 amide bonds. The van der Waals surface area contributed by atoms with Crippen LogP contribution in [0.1, 0.15) is 67.0 Å². The number of allylic oxidation sites excluding steroid dienone is 8. The summed E-state index contributed by atoms with van der Waals surface area (Å²) in [4.78, 5) is 7.09. The Morgan fingerprint density at radius 3 is 0.724 bits per heavy atom. The number of pyridine rings is 2. The summed E-state index contributed by atoms with van der Waals surface area (Å²) in [5, 5.41) is 56.9. The van der Waals surface area contributed by atoms with E-state index in [1.807, 2.05) is 0 Å². The van der Waals surface area contributed by atoms with Crippen molar-refractivity contribution in [2.75, 3.05) is 0 Å². The van der Waals surface area contributed by atoms with Crippen molar-refractivity contribution in [3.05, 3.63) is 231 Å². The number of nitriles is 6. The van der Waals surface area contributed by atoms with Gasteiger partial charge in [0, 0.05) is 57.0 Å². The van der Waals surface area contributed by atoms with Crippen molar-refractivity contribution in [2.24, 2.45) is 0 Å². The molecule has 2 aliphatic carbocycles. The molecule has 0 spiro atoms. The highest BCUT2D eigenvalue weighted by molar-refractivity contribution is 6.14. The van der Waals surface area contributed by atoms with E-state index in [-0.39, 0.29) is 0 Å². The number of rotatable bonds is 6. The Morgan fingerprint density at radius 2 is 0.526 bits per heavy atom. The number of halogens is 18. The minimum Gasteiger partial charge on any atom is -0.246 e. The van der Waals surface area contributed by atoms with Gasteiger partial charge in [-0.2, -0.15) is 31.6 Å². The molecule has 2 aromatic heterocycles. The first-order chi connectivity index (χ1) is 36.0. The Hall–Kier alpha value is -10.4. The monoisotopic (exact) mass is 1060 g/mol. The van der Waals surface area contributed by atoms with Crippen LogP contribution in [0.2, 0.25) is 0 Å². The highest BCUT2D eigenvalue weighted by Crippen LogP contribution is 2.62. The van der Waals surface area contributed by atoms with Crippen molar-refractivity contribution < 1.29 is 79.0 Å². The Balaban J connectivity index is 1.83. The molecule has 372 valence electrons. The summed E-state index contributed by atoms with van der Waals surface area (Å²) in [5.74, 6) is -51.9. The summed E-state index contributed by atoms with van der Waals surface area (Å²) >= 11 is 0. The number of hydrogen-bond acceptors (Lipinski definition) is 8. The van der Waals surface area contributed by atoms with Crippen LogP contribution < -0.4 is 0 Å². The zero-order valence-corrected chi connectivity index (χ0v) is 35.8. The third-order valence-electron chi connectivity index (χ3n) is 11.5. The van der Waals surface area contributed by atoms with Crippen LogP contribution in [0, 0.1) is 161 Å². The highest BCUT2D eigenvalue weighted by Gasteiger charge is 2.49. The molecule has 76 heavy (non-hydrogen) atoms. The van der Waals surface area contributed by atoms with E-state index in [0.29, 0.717) is 60.9 Å². The molecule has 0 atom stereocenters. The summed E-state index contributed by atoms with van der Waals surface area (Å²) in [5.41, 5.74) is -40.9. The van der Waals surface area contributed by atoms with Gasteiger partial charge in [0.25, 0.3) is 0 Å². The van der Waals surface area contributed by atoms with Crippen molar-refractivity contribution in [1.82, 2.24) is 9.97 Å². The quantitative estimate of drug-likeness (QED) is 0.117. The minimum atomic E-state index is -3.02. The first-order valence-electron chi connectivity index (χ1n) is 19.9. The fourth-order valence-corrected chi connectivity index (χ4v) is 8.29. The molecule has 26 heteroatoms. The normalized spacial score (nSPS) is 12.8. The van der Waals surface area contributed by atoms with Crippen LogP contribution in [0.5, 0.6) is 0 Å². The number of nitrogens with zero attached hydrogens (tertiary/aromatic N) is 8. The summed E-state index contributed by atoms with van der Waals surface area (Å²) in [6, 6.07) is 7.21. The van der Waals surface area contributed by atoms with Crippen LogP contribution in [-0.2, 0) is 0 Å². The zero-order chi connectivity index (χ0) is 55.8. The van der Waals surface area contributed by atoms with Crippen LogP contribution in [0.3, 0.4) is 0 Å². The number of hydrogen-bond donors (Lipinski definition) is 0. The molecular formula is C50H6F18N8. The molecule has 8 nitrogen and oxygen atoms in total. The average Bonchev–Trinajstić information content (AvgIpc) is 4.00. The molecule has 0 fully saturated rings. The Morgan fingerprint density at radius 1 is 0.303 bits per heavy atom. The maximum Gasteiger partial charge on any atom is 0.180 e. The summed E-state index contributed by atoms with van der Waals surface area (Å²) in [6.45, 7) is 0. The first-order valence-corrected chi connectivity index (χ1v) is 19.9. The van der Waals surface area contributed by atoms with Crippen LogP contribution in [-0.4, -0.2) is 9.97 Å². The lowest BCUT2D eigenvalue weighted by Crippen LogP contribution is -2.14. The molecule has 2 aliphatic rings. The molecular weight excluding hydrogens is 1050 g/mol. The average molecular weight is 1060 g/mol. The van der Waals surface area contributed by atoms with E-state index >= 15 is 79.0 Å². The Kier molecular flexibility index (Phi) is 12.9. The van der Waals surface area contributed by atoms with Gasteiger partial charge in [0.2, 0.25) is 0 Å². The van der Waals surface area contributed by atoms with Gasteiger partial charge in [0.15, 0.2) is 93.1 Å². The molecule has 8 rings (SSSR count). The molecule has 0 bridgehead atoms. The van der Waals surface area contributed by atoms with Gasteiger partial charge < -0.3 is 0 Å². The fraction of sp³-hybridized carbons (Fsp3) is 0. The predicted molar refractivity (Wildman–Crippen MR) is 217 cm³/mol. The molecule has 0 saturated heterocycles. The molecule has 0 radical (unpaired) electrons. The van der Waals surface area contributed by atoms with Gasteiger partial charge in [-0.25, -0.2) is 89.0 Å². The second-order valence-corrected chi connectivity index (χ2v) is 15.2. The van der Waals surface area contributed by atoms with Crippen molar-refractivity contribution >= 4 is 22.3 Å². The van der Waals surface area contributed by atoms with Crippen molar-refractivity contribution in [3.63, 3.8) is 0 Å². The maximum atomic E-state index is 18.5. The second-order valence-electron chi connectivity index (χ2n) is 15.2.